The number of rotatable bonds is 10. The van der Waals surface area contributed by atoms with E-state index >= 15 is 0 Å². The average molecular weight is 264 g/mol. The Bertz CT molecular complexity index is 302. The van der Waals surface area contributed by atoms with Crippen molar-refractivity contribution in [2.45, 2.75) is 33.1 Å². The van der Waals surface area contributed by atoms with E-state index in [0.29, 0.717) is 13.1 Å². The van der Waals surface area contributed by atoms with Crippen molar-refractivity contribution in [2.75, 3.05) is 31.1 Å². The molecule has 0 fully saturated rings. The molecule has 0 aromatic carbocycles. The molecule has 0 atom stereocenters. The standard InChI is InChI=1S/C11H24N2O3S/c1-3-5-7-12-8-9-17(15,16)10-11(14)13-6-4-2/h12H,3-10H2,1-2H3,(H,13,14). The molecule has 17 heavy (non-hydrogen) atoms. The van der Waals surface area contributed by atoms with Gasteiger partial charge >= 0.3 is 0 Å². The summed E-state index contributed by atoms with van der Waals surface area (Å²) in [6.07, 6.45) is 2.93. The highest BCUT2D eigenvalue weighted by molar-refractivity contribution is 7.92. The maximum atomic E-state index is 11.5. The van der Waals surface area contributed by atoms with Crippen LogP contribution in [0.2, 0.25) is 0 Å². The lowest BCUT2D eigenvalue weighted by molar-refractivity contribution is -0.118. The van der Waals surface area contributed by atoms with E-state index in [1.165, 1.54) is 0 Å². The van der Waals surface area contributed by atoms with Crippen LogP contribution in [0.3, 0.4) is 0 Å². The van der Waals surface area contributed by atoms with Gasteiger partial charge in [0.2, 0.25) is 5.91 Å². The maximum Gasteiger partial charge on any atom is 0.235 e. The van der Waals surface area contributed by atoms with E-state index in [-0.39, 0.29) is 5.75 Å². The van der Waals surface area contributed by atoms with Gasteiger partial charge in [-0.3, -0.25) is 4.79 Å². The van der Waals surface area contributed by atoms with E-state index < -0.39 is 21.5 Å². The van der Waals surface area contributed by atoms with Crippen molar-refractivity contribution in [1.82, 2.24) is 10.6 Å². The number of hydrogen-bond acceptors (Lipinski definition) is 4. The molecule has 0 aliphatic heterocycles. The fourth-order valence-electron chi connectivity index (χ4n) is 1.24. The zero-order chi connectivity index (χ0) is 13.1. The Morgan fingerprint density at radius 3 is 2.35 bits per heavy atom. The Kier molecular flexibility index (Phi) is 9.07. The molecular weight excluding hydrogens is 240 g/mol. The molecule has 0 heterocycles. The lowest BCUT2D eigenvalue weighted by atomic mass is 10.3. The quantitative estimate of drug-likeness (QED) is 0.557. The van der Waals surface area contributed by atoms with Gasteiger partial charge in [0.1, 0.15) is 5.75 Å². The van der Waals surface area contributed by atoms with Gasteiger partial charge in [-0.1, -0.05) is 20.3 Å². The lowest BCUT2D eigenvalue weighted by Crippen LogP contribution is -2.34. The van der Waals surface area contributed by atoms with E-state index in [9.17, 15) is 13.2 Å². The molecule has 0 aliphatic carbocycles. The first-order valence-electron chi connectivity index (χ1n) is 6.19. The summed E-state index contributed by atoms with van der Waals surface area (Å²) >= 11 is 0. The lowest BCUT2D eigenvalue weighted by Gasteiger charge is -2.06. The predicted molar refractivity (Wildman–Crippen MR) is 69.7 cm³/mol. The molecule has 0 bridgehead atoms. The summed E-state index contributed by atoms with van der Waals surface area (Å²) in [5.74, 6) is -0.779. The van der Waals surface area contributed by atoms with Crippen LogP contribution in [0.25, 0.3) is 0 Å². The Hall–Kier alpha value is -0.620. The fraction of sp³-hybridized carbons (Fsp3) is 0.909. The van der Waals surface area contributed by atoms with Gasteiger partial charge in [-0.2, -0.15) is 0 Å². The second kappa shape index (κ2) is 9.41. The van der Waals surface area contributed by atoms with Gasteiger partial charge in [-0.05, 0) is 19.4 Å². The third kappa shape index (κ3) is 10.3. The Morgan fingerprint density at radius 2 is 1.76 bits per heavy atom. The van der Waals surface area contributed by atoms with E-state index in [0.717, 1.165) is 25.8 Å². The molecule has 5 nitrogen and oxygen atoms in total. The van der Waals surface area contributed by atoms with Crippen LogP contribution in [-0.4, -0.2) is 45.5 Å². The van der Waals surface area contributed by atoms with E-state index in [1.54, 1.807) is 0 Å². The van der Waals surface area contributed by atoms with Gasteiger partial charge in [-0.15, -0.1) is 0 Å². The van der Waals surface area contributed by atoms with Crippen LogP contribution in [0.4, 0.5) is 0 Å². The monoisotopic (exact) mass is 264 g/mol. The van der Waals surface area contributed by atoms with Crippen molar-refractivity contribution < 1.29 is 13.2 Å². The summed E-state index contributed by atoms with van der Waals surface area (Å²) < 4.78 is 23.1. The third-order valence-electron chi connectivity index (χ3n) is 2.22. The fourth-order valence-corrected chi connectivity index (χ4v) is 2.34. The number of amides is 1. The zero-order valence-electron chi connectivity index (χ0n) is 10.8. The SMILES string of the molecule is CCCCNCCS(=O)(=O)CC(=O)NCCC. The zero-order valence-corrected chi connectivity index (χ0v) is 11.6. The van der Waals surface area contributed by atoms with Crippen LogP contribution in [0.1, 0.15) is 33.1 Å². The number of unbranched alkanes of at least 4 members (excludes halogenated alkanes) is 1. The third-order valence-corrected chi connectivity index (χ3v) is 3.75. The molecule has 102 valence electrons. The molecule has 0 aromatic rings. The molecule has 0 rings (SSSR count). The van der Waals surface area contributed by atoms with Gasteiger partial charge in [0.05, 0.1) is 5.75 Å². The molecule has 0 unspecified atom stereocenters. The maximum absolute atomic E-state index is 11.5. The number of sulfone groups is 1. The molecule has 0 saturated heterocycles. The van der Waals surface area contributed by atoms with E-state index in [1.807, 2.05) is 6.92 Å². The van der Waals surface area contributed by atoms with E-state index in [2.05, 4.69) is 17.6 Å². The largest absolute Gasteiger partial charge is 0.355 e. The first-order valence-corrected chi connectivity index (χ1v) is 8.01. The molecule has 1 amide bonds. The van der Waals surface area contributed by atoms with Gasteiger partial charge in [0.25, 0.3) is 0 Å². The minimum atomic E-state index is -3.27. The van der Waals surface area contributed by atoms with Gasteiger partial charge in [-0.25, -0.2) is 8.42 Å². The Balaban J connectivity index is 3.76. The summed E-state index contributed by atoms with van der Waals surface area (Å²) in [5, 5.41) is 5.61. The smallest absolute Gasteiger partial charge is 0.235 e. The Labute approximate surface area is 104 Å². The predicted octanol–water partition coefficient (Wildman–Crippen LogP) is 0.317. The van der Waals surface area contributed by atoms with Crippen molar-refractivity contribution in [2.24, 2.45) is 0 Å². The molecule has 0 aromatic heterocycles. The van der Waals surface area contributed by atoms with Gasteiger partial charge in [0, 0.05) is 13.1 Å². The van der Waals surface area contributed by atoms with Crippen LogP contribution >= 0.6 is 0 Å². The van der Waals surface area contributed by atoms with Crippen LogP contribution in [0.15, 0.2) is 0 Å². The Morgan fingerprint density at radius 1 is 1.06 bits per heavy atom. The summed E-state index contributed by atoms with van der Waals surface area (Å²) in [6.45, 7) is 5.78. The van der Waals surface area contributed by atoms with Crippen molar-refractivity contribution in [3.8, 4) is 0 Å². The molecule has 2 N–H and O–H groups in total. The molecule has 0 spiro atoms. The highest BCUT2D eigenvalue weighted by atomic mass is 32.2. The topological polar surface area (TPSA) is 75.3 Å². The number of carbonyl (C=O) groups is 1. The molecule has 0 saturated carbocycles. The second-order valence-electron chi connectivity index (χ2n) is 4.05. The highest BCUT2D eigenvalue weighted by Gasteiger charge is 2.15. The summed E-state index contributed by atoms with van der Waals surface area (Å²) in [4.78, 5) is 11.2. The van der Waals surface area contributed by atoms with Crippen LogP contribution < -0.4 is 10.6 Å². The van der Waals surface area contributed by atoms with Crippen LogP contribution in [0, 0.1) is 0 Å². The first-order chi connectivity index (χ1) is 8.02. The summed E-state index contributed by atoms with van der Waals surface area (Å²) in [6, 6.07) is 0. The van der Waals surface area contributed by atoms with Crippen molar-refractivity contribution >= 4 is 15.7 Å². The van der Waals surface area contributed by atoms with Crippen molar-refractivity contribution in [1.29, 1.82) is 0 Å². The van der Waals surface area contributed by atoms with E-state index in [4.69, 9.17) is 0 Å². The van der Waals surface area contributed by atoms with Crippen molar-refractivity contribution in [3.05, 3.63) is 0 Å². The molecule has 0 aliphatic rings. The summed E-state index contributed by atoms with van der Waals surface area (Å²) in [7, 11) is -3.27. The second-order valence-corrected chi connectivity index (χ2v) is 6.23. The normalized spacial score (nSPS) is 11.4. The average Bonchev–Trinajstić information content (AvgIpc) is 2.25. The van der Waals surface area contributed by atoms with Gasteiger partial charge < -0.3 is 10.6 Å². The molecular formula is C11H24N2O3S. The number of nitrogens with one attached hydrogen (secondary N) is 2. The highest BCUT2D eigenvalue weighted by Crippen LogP contribution is 1.90. The number of carbonyl (C=O) groups excluding carboxylic acids is 1. The molecule has 6 heteroatoms. The van der Waals surface area contributed by atoms with Gasteiger partial charge in [0.15, 0.2) is 9.84 Å². The van der Waals surface area contributed by atoms with Crippen LogP contribution in [0.5, 0.6) is 0 Å². The minimum absolute atomic E-state index is 0.0241. The van der Waals surface area contributed by atoms with Crippen LogP contribution in [-0.2, 0) is 14.6 Å². The number of hydrogen-bond donors (Lipinski definition) is 2. The van der Waals surface area contributed by atoms with Crippen molar-refractivity contribution in [3.63, 3.8) is 0 Å². The summed E-state index contributed by atoms with van der Waals surface area (Å²) in [5.41, 5.74) is 0. The molecule has 0 radical (unpaired) electrons. The minimum Gasteiger partial charge on any atom is -0.355 e. The first kappa shape index (κ1) is 16.4.